The maximum Gasteiger partial charge on any atom is 0.339 e. The van der Waals surface area contributed by atoms with Crippen molar-refractivity contribution in [2.45, 2.75) is 38.1 Å². The number of cyclic esters (lactones) is 1. The van der Waals surface area contributed by atoms with Crippen LogP contribution in [0.2, 0.25) is 0 Å². The highest BCUT2D eigenvalue weighted by Crippen LogP contribution is 2.20. The molecule has 2 aliphatic rings. The molecule has 6 heteroatoms. The van der Waals surface area contributed by atoms with E-state index >= 15 is 0 Å². The van der Waals surface area contributed by atoms with Gasteiger partial charge in [0.25, 0.3) is 5.91 Å². The van der Waals surface area contributed by atoms with Crippen LogP contribution in [0.25, 0.3) is 0 Å². The normalized spacial score (nSPS) is 24.9. The molecule has 2 aliphatic heterocycles. The number of esters is 1. The van der Waals surface area contributed by atoms with E-state index in [4.69, 9.17) is 14.3 Å². The van der Waals surface area contributed by atoms with Crippen molar-refractivity contribution in [2.75, 3.05) is 6.61 Å². The SMILES string of the molecule is O=C1O[C@H](C(=O)NO[C@H]2CCCCO2)Cc2ccccc21. The zero-order valence-corrected chi connectivity index (χ0v) is 11.5. The van der Waals surface area contributed by atoms with Crippen molar-refractivity contribution >= 4 is 11.9 Å². The fourth-order valence-electron chi connectivity index (χ4n) is 2.47. The van der Waals surface area contributed by atoms with Gasteiger partial charge in [0.05, 0.1) is 5.56 Å². The van der Waals surface area contributed by atoms with Crippen molar-refractivity contribution < 1.29 is 23.9 Å². The van der Waals surface area contributed by atoms with Crippen LogP contribution in [0.5, 0.6) is 0 Å². The Balaban J connectivity index is 1.57. The van der Waals surface area contributed by atoms with Crippen LogP contribution in [0.1, 0.15) is 35.2 Å². The van der Waals surface area contributed by atoms with Crippen molar-refractivity contribution in [1.82, 2.24) is 5.48 Å². The van der Waals surface area contributed by atoms with Crippen LogP contribution in [0.4, 0.5) is 0 Å². The number of hydrogen-bond donors (Lipinski definition) is 1. The summed E-state index contributed by atoms with van der Waals surface area (Å²) in [6, 6.07) is 7.11. The topological polar surface area (TPSA) is 73.9 Å². The van der Waals surface area contributed by atoms with Gasteiger partial charge >= 0.3 is 5.97 Å². The van der Waals surface area contributed by atoms with Gasteiger partial charge in [0.15, 0.2) is 12.4 Å². The first-order valence-electron chi connectivity index (χ1n) is 7.10. The third-order valence-electron chi connectivity index (χ3n) is 3.61. The highest BCUT2D eigenvalue weighted by atomic mass is 16.8. The van der Waals surface area contributed by atoms with Crippen LogP contribution in [-0.4, -0.2) is 30.9 Å². The summed E-state index contributed by atoms with van der Waals surface area (Å²) < 4.78 is 10.5. The number of hydroxylamine groups is 1. The number of benzene rings is 1. The summed E-state index contributed by atoms with van der Waals surface area (Å²) in [5, 5.41) is 0. The molecule has 1 N–H and O–H groups in total. The molecule has 0 aliphatic carbocycles. The lowest BCUT2D eigenvalue weighted by Crippen LogP contribution is -2.43. The Morgan fingerprint density at radius 1 is 1.29 bits per heavy atom. The molecule has 0 unspecified atom stereocenters. The summed E-state index contributed by atoms with van der Waals surface area (Å²) in [7, 11) is 0. The van der Waals surface area contributed by atoms with E-state index in [-0.39, 0.29) is 0 Å². The van der Waals surface area contributed by atoms with Gasteiger partial charge in [-0.15, -0.1) is 0 Å². The van der Waals surface area contributed by atoms with Gasteiger partial charge in [-0.2, -0.15) is 0 Å². The summed E-state index contributed by atoms with van der Waals surface area (Å²) in [6.45, 7) is 0.631. The smallest absolute Gasteiger partial charge is 0.339 e. The Morgan fingerprint density at radius 3 is 2.95 bits per heavy atom. The molecule has 0 spiro atoms. The lowest BCUT2D eigenvalue weighted by atomic mass is 9.98. The second-order valence-electron chi connectivity index (χ2n) is 5.14. The van der Waals surface area contributed by atoms with Crippen molar-refractivity contribution in [2.24, 2.45) is 0 Å². The van der Waals surface area contributed by atoms with Crippen LogP contribution < -0.4 is 5.48 Å². The second-order valence-corrected chi connectivity index (χ2v) is 5.14. The molecule has 0 radical (unpaired) electrons. The van der Waals surface area contributed by atoms with Gasteiger partial charge in [0, 0.05) is 19.4 Å². The molecule has 3 rings (SSSR count). The zero-order valence-electron chi connectivity index (χ0n) is 11.5. The Labute approximate surface area is 122 Å². The predicted octanol–water partition coefficient (Wildman–Crippen LogP) is 1.34. The number of carbonyl (C=O) groups is 2. The first kappa shape index (κ1) is 14.0. The molecule has 0 saturated carbocycles. The van der Waals surface area contributed by atoms with E-state index in [2.05, 4.69) is 5.48 Å². The molecule has 0 bridgehead atoms. The Kier molecular flexibility index (Phi) is 4.17. The number of hydrogen-bond acceptors (Lipinski definition) is 5. The van der Waals surface area contributed by atoms with Crippen LogP contribution in [0.15, 0.2) is 24.3 Å². The minimum Gasteiger partial charge on any atom is -0.448 e. The monoisotopic (exact) mass is 291 g/mol. The molecule has 21 heavy (non-hydrogen) atoms. The zero-order chi connectivity index (χ0) is 14.7. The first-order chi connectivity index (χ1) is 10.2. The number of rotatable bonds is 3. The molecule has 2 heterocycles. The van der Waals surface area contributed by atoms with Gasteiger partial charge in [-0.25, -0.2) is 15.1 Å². The second kappa shape index (κ2) is 6.24. The van der Waals surface area contributed by atoms with Crippen LogP contribution >= 0.6 is 0 Å². The fourth-order valence-corrected chi connectivity index (χ4v) is 2.47. The highest BCUT2D eigenvalue weighted by Gasteiger charge is 2.31. The summed E-state index contributed by atoms with van der Waals surface area (Å²) in [5.41, 5.74) is 3.65. The minimum atomic E-state index is -0.865. The van der Waals surface area contributed by atoms with Crippen LogP contribution in [0.3, 0.4) is 0 Å². The third-order valence-corrected chi connectivity index (χ3v) is 3.61. The van der Waals surface area contributed by atoms with E-state index < -0.39 is 24.3 Å². The van der Waals surface area contributed by atoms with E-state index in [9.17, 15) is 9.59 Å². The van der Waals surface area contributed by atoms with E-state index in [1.54, 1.807) is 12.1 Å². The lowest BCUT2D eigenvalue weighted by molar-refractivity contribution is -0.203. The van der Waals surface area contributed by atoms with Crippen molar-refractivity contribution in [3.63, 3.8) is 0 Å². The lowest BCUT2D eigenvalue weighted by Gasteiger charge is -2.26. The number of nitrogens with one attached hydrogen (secondary N) is 1. The van der Waals surface area contributed by atoms with E-state index in [0.29, 0.717) is 18.6 Å². The van der Waals surface area contributed by atoms with Gasteiger partial charge in [-0.05, 0) is 24.5 Å². The van der Waals surface area contributed by atoms with Crippen LogP contribution in [0, 0.1) is 0 Å². The predicted molar refractivity (Wildman–Crippen MR) is 72.2 cm³/mol. The molecule has 1 amide bonds. The van der Waals surface area contributed by atoms with Gasteiger partial charge in [-0.3, -0.25) is 4.79 Å². The van der Waals surface area contributed by atoms with Gasteiger partial charge in [0.2, 0.25) is 0 Å². The van der Waals surface area contributed by atoms with E-state index in [1.807, 2.05) is 12.1 Å². The molecule has 1 aromatic rings. The third kappa shape index (κ3) is 3.22. The molecule has 112 valence electrons. The van der Waals surface area contributed by atoms with Crippen LogP contribution in [-0.2, 0) is 25.5 Å². The van der Waals surface area contributed by atoms with Gasteiger partial charge < -0.3 is 9.47 Å². The number of ether oxygens (including phenoxy) is 2. The number of amides is 1. The molecular formula is C15H17NO5. The molecule has 1 aromatic carbocycles. The molecule has 1 saturated heterocycles. The largest absolute Gasteiger partial charge is 0.448 e. The van der Waals surface area contributed by atoms with E-state index in [1.165, 1.54) is 0 Å². The van der Waals surface area contributed by atoms with Crippen molar-refractivity contribution in [3.05, 3.63) is 35.4 Å². The van der Waals surface area contributed by atoms with Gasteiger partial charge in [0.1, 0.15) is 0 Å². The highest BCUT2D eigenvalue weighted by molar-refractivity contribution is 5.95. The maximum atomic E-state index is 12.0. The quantitative estimate of drug-likeness (QED) is 0.672. The molecule has 6 nitrogen and oxygen atoms in total. The first-order valence-corrected chi connectivity index (χ1v) is 7.10. The molecular weight excluding hydrogens is 274 g/mol. The Hall–Kier alpha value is -1.92. The summed E-state index contributed by atoms with van der Waals surface area (Å²) in [6.07, 6.45) is 1.82. The van der Waals surface area contributed by atoms with Crippen molar-refractivity contribution in [3.8, 4) is 0 Å². The summed E-state index contributed by atoms with van der Waals surface area (Å²) in [5.74, 6) is -0.946. The Bertz CT molecular complexity index is 539. The van der Waals surface area contributed by atoms with Gasteiger partial charge in [-0.1, -0.05) is 18.2 Å². The molecule has 2 atom stereocenters. The number of fused-ring (bicyclic) bond motifs is 1. The maximum absolute atomic E-state index is 12.0. The molecule has 1 fully saturated rings. The minimum absolute atomic E-state index is 0.350. The Morgan fingerprint density at radius 2 is 2.14 bits per heavy atom. The van der Waals surface area contributed by atoms with Crippen molar-refractivity contribution in [1.29, 1.82) is 0 Å². The fraction of sp³-hybridized carbons (Fsp3) is 0.467. The number of carbonyl (C=O) groups excluding carboxylic acids is 2. The average Bonchev–Trinajstić information content (AvgIpc) is 2.53. The summed E-state index contributed by atoms with van der Waals surface area (Å²) in [4.78, 5) is 29.1. The van der Waals surface area contributed by atoms with E-state index in [0.717, 1.165) is 24.8 Å². The molecule has 0 aromatic heterocycles. The standard InChI is InChI=1S/C15H17NO5/c17-14(16-21-13-7-3-4-8-19-13)12-9-10-5-1-2-6-11(10)15(18)20-12/h1-2,5-6,12-13H,3-4,7-9H2,(H,16,17)/t12-,13-/m0/s1. The summed E-state index contributed by atoms with van der Waals surface area (Å²) >= 11 is 0. The average molecular weight is 291 g/mol.